The number of rotatable bonds is 5. The fraction of sp³-hybridized carbons (Fsp3) is 0.444. The molecule has 0 aliphatic rings. The van der Waals surface area contributed by atoms with E-state index in [0.29, 0.717) is 0 Å². The van der Waals surface area contributed by atoms with Gasteiger partial charge in [-0.05, 0) is 6.42 Å². The molecule has 16 heavy (non-hydrogen) atoms. The van der Waals surface area contributed by atoms with E-state index in [-0.39, 0.29) is 6.04 Å². The molecule has 0 radical (unpaired) electrons. The summed E-state index contributed by atoms with van der Waals surface area (Å²) in [5.41, 5.74) is 5.53. The molecule has 0 spiro atoms. The zero-order valence-electron chi connectivity index (χ0n) is 9.00. The Morgan fingerprint density at radius 1 is 1.56 bits per heavy atom. The molecule has 0 saturated heterocycles. The van der Waals surface area contributed by atoms with Gasteiger partial charge in [-0.2, -0.15) is 0 Å². The van der Waals surface area contributed by atoms with Crippen LogP contribution in [0.25, 0.3) is 0 Å². The lowest BCUT2D eigenvalue weighted by Crippen LogP contribution is -2.30. The second-order valence-electron chi connectivity index (χ2n) is 3.39. The molecule has 3 N–H and O–H groups in total. The molecule has 2 rings (SSSR count). The van der Waals surface area contributed by atoms with Crippen molar-refractivity contribution < 1.29 is 0 Å². The van der Waals surface area contributed by atoms with Crippen LogP contribution in [0.1, 0.15) is 30.0 Å². The number of hydrogen-bond donors (Lipinski definition) is 2. The Labute approximate surface area is 97.5 Å². The van der Waals surface area contributed by atoms with Gasteiger partial charge in [0.2, 0.25) is 0 Å². The number of thiazole rings is 1. The first kappa shape index (κ1) is 11.2. The van der Waals surface area contributed by atoms with E-state index < -0.39 is 0 Å². The predicted octanol–water partition coefficient (Wildman–Crippen LogP) is 0.697. The van der Waals surface area contributed by atoms with Gasteiger partial charge in [-0.25, -0.2) is 10.1 Å². The summed E-state index contributed by atoms with van der Waals surface area (Å²) < 4.78 is 1.87. The first-order chi connectivity index (χ1) is 7.86. The van der Waals surface area contributed by atoms with Crippen LogP contribution in [-0.4, -0.2) is 20.0 Å². The van der Waals surface area contributed by atoms with Crippen LogP contribution in [0.5, 0.6) is 0 Å². The van der Waals surface area contributed by atoms with Crippen LogP contribution < -0.4 is 11.3 Å². The van der Waals surface area contributed by atoms with Crippen molar-refractivity contribution in [1.29, 1.82) is 0 Å². The normalized spacial score (nSPS) is 12.9. The second-order valence-corrected chi connectivity index (χ2v) is 4.30. The van der Waals surface area contributed by atoms with Crippen molar-refractivity contribution >= 4 is 11.3 Å². The highest BCUT2D eigenvalue weighted by Crippen LogP contribution is 2.23. The molecule has 2 heterocycles. The molecular formula is C9H14N6S. The molecule has 0 aromatic carbocycles. The lowest BCUT2D eigenvalue weighted by atomic mass is 10.2. The summed E-state index contributed by atoms with van der Waals surface area (Å²) in [4.78, 5) is 5.11. The summed E-state index contributed by atoms with van der Waals surface area (Å²) in [6.45, 7) is 2.94. The van der Waals surface area contributed by atoms with Crippen molar-refractivity contribution in [3.63, 3.8) is 0 Å². The smallest absolute Gasteiger partial charge is 0.100 e. The van der Waals surface area contributed by atoms with Crippen LogP contribution >= 0.6 is 11.3 Å². The molecule has 2 aromatic heterocycles. The van der Waals surface area contributed by atoms with Gasteiger partial charge in [0.05, 0.1) is 17.4 Å². The van der Waals surface area contributed by atoms with Crippen LogP contribution in [-0.2, 0) is 6.54 Å². The van der Waals surface area contributed by atoms with E-state index in [1.165, 1.54) is 0 Å². The van der Waals surface area contributed by atoms with Gasteiger partial charge in [-0.3, -0.25) is 10.8 Å². The van der Waals surface area contributed by atoms with Crippen molar-refractivity contribution in [2.75, 3.05) is 0 Å². The van der Waals surface area contributed by atoms with Crippen LogP contribution in [0.2, 0.25) is 0 Å². The van der Waals surface area contributed by atoms with Gasteiger partial charge in [0.1, 0.15) is 6.04 Å². The number of nitrogens with zero attached hydrogens (tertiary/aromatic N) is 4. The Hall–Kier alpha value is -1.31. The topological polar surface area (TPSA) is 81.7 Å². The minimum atomic E-state index is -0.0888. The van der Waals surface area contributed by atoms with Gasteiger partial charge in [0.25, 0.3) is 0 Å². The maximum atomic E-state index is 5.58. The molecule has 86 valence electrons. The fourth-order valence-electron chi connectivity index (χ4n) is 1.56. The van der Waals surface area contributed by atoms with E-state index in [2.05, 4.69) is 27.6 Å². The number of hydrogen-bond acceptors (Lipinski definition) is 6. The van der Waals surface area contributed by atoms with Crippen molar-refractivity contribution in [2.24, 2.45) is 5.84 Å². The lowest BCUT2D eigenvalue weighted by Gasteiger charge is -2.14. The average molecular weight is 238 g/mol. The molecule has 7 heteroatoms. The predicted molar refractivity (Wildman–Crippen MR) is 61.6 cm³/mol. The summed E-state index contributed by atoms with van der Waals surface area (Å²) in [6, 6.07) is -0.0888. The van der Waals surface area contributed by atoms with Gasteiger partial charge in [-0.1, -0.05) is 12.1 Å². The number of hydrazine groups is 1. The highest BCUT2D eigenvalue weighted by molar-refractivity contribution is 7.09. The minimum Gasteiger partial charge on any atom is -0.270 e. The molecule has 0 saturated carbocycles. The van der Waals surface area contributed by atoms with E-state index in [4.69, 9.17) is 5.84 Å². The SMILES string of the molecule is CCCn1nncc1C(NN)c1cncs1. The van der Waals surface area contributed by atoms with Crippen molar-refractivity contribution in [3.8, 4) is 0 Å². The van der Waals surface area contributed by atoms with E-state index >= 15 is 0 Å². The van der Waals surface area contributed by atoms with Gasteiger partial charge in [0.15, 0.2) is 0 Å². The Morgan fingerprint density at radius 2 is 2.44 bits per heavy atom. The summed E-state index contributed by atoms with van der Waals surface area (Å²) in [6.07, 6.45) is 4.55. The Balaban J connectivity index is 2.30. The second kappa shape index (κ2) is 5.15. The van der Waals surface area contributed by atoms with Crippen LogP contribution in [0.3, 0.4) is 0 Å². The molecule has 0 aliphatic heterocycles. The molecule has 1 atom stereocenters. The summed E-state index contributed by atoms with van der Waals surface area (Å²) in [7, 11) is 0. The van der Waals surface area contributed by atoms with Crippen molar-refractivity contribution in [2.45, 2.75) is 25.9 Å². The maximum absolute atomic E-state index is 5.58. The number of nitrogens with two attached hydrogens (primary N) is 1. The summed E-state index contributed by atoms with van der Waals surface area (Å²) >= 11 is 1.56. The molecule has 0 amide bonds. The van der Waals surface area contributed by atoms with Gasteiger partial charge < -0.3 is 0 Å². The molecule has 0 fully saturated rings. The largest absolute Gasteiger partial charge is 0.270 e. The standard InChI is InChI=1S/C9H14N6S/c1-2-3-15-7(4-12-14-15)9(13-10)8-5-11-6-16-8/h4-6,9,13H,2-3,10H2,1H3. The molecule has 1 unspecified atom stereocenters. The number of aromatic nitrogens is 4. The first-order valence-corrected chi connectivity index (χ1v) is 5.97. The average Bonchev–Trinajstić information content (AvgIpc) is 2.92. The fourth-order valence-corrected chi connectivity index (χ4v) is 2.25. The van der Waals surface area contributed by atoms with Crippen molar-refractivity contribution in [3.05, 3.63) is 28.5 Å². The zero-order chi connectivity index (χ0) is 11.4. The zero-order valence-corrected chi connectivity index (χ0v) is 9.81. The molecule has 6 nitrogen and oxygen atoms in total. The number of aryl methyl sites for hydroxylation is 1. The third kappa shape index (κ3) is 2.11. The van der Waals surface area contributed by atoms with Crippen LogP contribution in [0.15, 0.2) is 17.9 Å². The minimum absolute atomic E-state index is 0.0888. The third-order valence-electron chi connectivity index (χ3n) is 2.28. The van der Waals surface area contributed by atoms with Crippen LogP contribution in [0, 0.1) is 0 Å². The lowest BCUT2D eigenvalue weighted by molar-refractivity contribution is 0.515. The maximum Gasteiger partial charge on any atom is 0.100 e. The van der Waals surface area contributed by atoms with Crippen molar-refractivity contribution in [1.82, 2.24) is 25.4 Å². The summed E-state index contributed by atoms with van der Waals surface area (Å²) in [5.74, 6) is 5.58. The van der Waals surface area contributed by atoms with Gasteiger partial charge in [0, 0.05) is 17.6 Å². The highest BCUT2D eigenvalue weighted by Gasteiger charge is 2.18. The van der Waals surface area contributed by atoms with E-state index in [1.54, 1.807) is 29.2 Å². The third-order valence-corrected chi connectivity index (χ3v) is 3.12. The first-order valence-electron chi connectivity index (χ1n) is 5.09. The summed E-state index contributed by atoms with van der Waals surface area (Å²) in [5, 5.41) is 7.96. The molecule has 0 aliphatic carbocycles. The highest BCUT2D eigenvalue weighted by atomic mass is 32.1. The van der Waals surface area contributed by atoms with Gasteiger partial charge >= 0.3 is 0 Å². The van der Waals surface area contributed by atoms with E-state index in [0.717, 1.165) is 23.5 Å². The Morgan fingerprint density at radius 3 is 3.06 bits per heavy atom. The monoisotopic (exact) mass is 238 g/mol. The van der Waals surface area contributed by atoms with E-state index in [1.807, 2.05) is 4.68 Å². The molecular weight excluding hydrogens is 224 g/mol. The number of nitrogens with one attached hydrogen (secondary N) is 1. The molecule has 0 bridgehead atoms. The Bertz CT molecular complexity index is 423. The van der Waals surface area contributed by atoms with Gasteiger partial charge in [-0.15, -0.1) is 16.4 Å². The molecule has 2 aromatic rings. The Kier molecular flexibility index (Phi) is 3.60. The quantitative estimate of drug-likeness (QED) is 0.592. The van der Waals surface area contributed by atoms with E-state index in [9.17, 15) is 0 Å². The van der Waals surface area contributed by atoms with Crippen LogP contribution in [0.4, 0.5) is 0 Å².